The van der Waals surface area contributed by atoms with Crippen LogP contribution in [0.5, 0.6) is 0 Å². The van der Waals surface area contributed by atoms with Gasteiger partial charge in [0.25, 0.3) is 5.69 Å². The highest BCUT2D eigenvalue weighted by Gasteiger charge is 2.14. The van der Waals surface area contributed by atoms with Crippen LogP contribution in [0, 0.1) is 23.0 Å². The number of hydrogen-bond acceptors (Lipinski definition) is 4. The standard InChI is InChI=1S/C15H20N4O2/c1-11(2)9-16-10-13-7-8-18(17-13)14-5-4-6-15(12(14)3)19(20)21/h4-8,11,16H,9-10H2,1-3H3. The molecule has 1 N–H and O–H groups in total. The normalized spacial score (nSPS) is 11.0. The van der Waals surface area contributed by atoms with Crippen LogP contribution in [0.3, 0.4) is 0 Å². The van der Waals surface area contributed by atoms with E-state index in [0.29, 0.717) is 18.0 Å². The van der Waals surface area contributed by atoms with Crippen LogP contribution >= 0.6 is 0 Å². The summed E-state index contributed by atoms with van der Waals surface area (Å²) in [5.41, 5.74) is 2.38. The van der Waals surface area contributed by atoms with Crippen LogP contribution in [0.25, 0.3) is 5.69 Å². The third-order valence-electron chi connectivity index (χ3n) is 3.22. The lowest BCUT2D eigenvalue weighted by Crippen LogP contribution is -2.19. The first-order valence-electron chi connectivity index (χ1n) is 6.98. The summed E-state index contributed by atoms with van der Waals surface area (Å²) >= 11 is 0. The topological polar surface area (TPSA) is 73.0 Å². The van der Waals surface area contributed by atoms with Crippen LogP contribution in [0.2, 0.25) is 0 Å². The zero-order valence-corrected chi connectivity index (χ0v) is 12.5. The maximum absolute atomic E-state index is 11.0. The predicted molar refractivity (Wildman–Crippen MR) is 81.5 cm³/mol. The van der Waals surface area contributed by atoms with Crippen molar-refractivity contribution in [2.45, 2.75) is 27.3 Å². The van der Waals surface area contributed by atoms with Gasteiger partial charge in [-0.3, -0.25) is 10.1 Å². The molecule has 0 spiro atoms. The second kappa shape index (κ2) is 6.49. The molecule has 0 fully saturated rings. The second-order valence-electron chi connectivity index (χ2n) is 5.45. The molecule has 0 aliphatic heterocycles. The summed E-state index contributed by atoms with van der Waals surface area (Å²) in [4.78, 5) is 10.6. The molecule has 0 amide bonds. The van der Waals surface area contributed by atoms with Crippen molar-refractivity contribution in [3.63, 3.8) is 0 Å². The van der Waals surface area contributed by atoms with Crippen molar-refractivity contribution in [1.82, 2.24) is 15.1 Å². The molecule has 0 bridgehead atoms. The van der Waals surface area contributed by atoms with Gasteiger partial charge in [0, 0.05) is 18.8 Å². The number of benzene rings is 1. The van der Waals surface area contributed by atoms with Crippen molar-refractivity contribution in [3.05, 3.63) is 51.8 Å². The third kappa shape index (κ3) is 3.66. The predicted octanol–water partition coefficient (Wildman–Crippen LogP) is 2.83. The lowest BCUT2D eigenvalue weighted by molar-refractivity contribution is -0.385. The lowest BCUT2D eigenvalue weighted by atomic mass is 10.1. The van der Waals surface area contributed by atoms with E-state index in [1.54, 1.807) is 17.7 Å². The lowest BCUT2D eigenvalue weighted by Gasteiger charge is -2.07. The first-order valence-corrected chi connectivity index (χ1v) is 6.98. The van der Waals surface area contributed by atoms with Gasteiger partial charge in [-0.25, -0.2) is 4.68 Å². The van der Waals surface area contributed by atoms with E-state index < -0.39 is 0 Å². The molecule has 112 valence electrons. The molecule has 0 aliphatic rings. The van der Waals surface area contributed by atoms with Crippen molar-refractivity contribution < 1.29 is 4.92 Å². The van der Waals surface area contributed by atoms with Gasteiger partial charge in [-0.2, -0.15) is 5.10 Å². The van der Waals surface area contributed by atoms with Gasteiger partial charge in [0.05, 0.1) is 21.9 Å². The first-order chi connectivity index (χ1) is 9.99. The summed E-state index contributed by atoms with van der Waals surface area (Å²) in [6.07, 6.45) is 1.83. The van der Waals surface area contributed by atoms with E-state index in [9.17, 15) is 10.1 Å². The highest BCUT2D eigenvalue weighted by molar-refractivity contribution is 5.52. The molecule has 1 aromatic heterocycles. The minimum Gasteiger partial charge on any atom is -0.311 e. The summed E-state index contributed by atoms with van der Waals surface area (Å²) in [6, 6.07) is 6.94. The van der Waals surface area contributed by atoms with E-state index in [-0.39, 0.29) is 10.6 Å². The Labute approximate surface area is 123 Å². The van der Waals surface area contributed by atoms with Crippen LogP contribution in [0.4, 0.5) is 5.69 Å². The molecule has 6 heteroatoms. The zero-order chi connectivity index (χ0) is 15.4. The Morgan fingerprint density at radius 3 is 2.81 bits per heavy atom. The van der Waals surface area contributed by atoms with Crippen molar-refractivity contribution in [2.24, 2.45) is 5.92 Å². The van der Waals surface area contributed by atoms with Gasteiger partial charge >= 0.3 is 0 Å². The molecule has 1 heterocycles. The fourth-order valence-corrected chi connectivity index (χ4v) is 2.14. The third-order valence-corrected chi connectivity index (χ3v) is 3.22. The Morgan fingerprint density at radius 1 is 1.38 bits per heavy atom. The van der Waals surface area contributed by atoms with Gasteiger partial charge in [-0.05, 0) is 31.5 Å². The zero-order valence-electron chi connectivity index (χ0n) is 12.5. The van der Waals surface area contributed by atoms with Crippen LogP contribution in [-0.4, -0.2) is 21.2 Å². The molecular formula is C15H20N4O2. The van der Waals surface area contributed by atoms with E-state index in [1.165, 1.54) is 6.07 Å². The number of rotatable bonds is 6. The van der Waals surface area contributed by atoms with Gasteiger partial charge in [0.15, 0.2) is 0 Å². The van der Waals surface area contributed by atoms with Gasteiger partial charge in [0.1, 0.15) is 0 Å². The van der Waals surface area contributed by atoms with Crippen LogP contribution in [-0.2, 0) is 6.54 Å². The molecule has 1 aromatic carbocycles. The summed E-state index contributed by atoms with van der Waals surface area (Å²) in [7, 11) is 0. The quantitative estimate of drug-likeness (QED) is 0.655. The van der Waals surface area contributed by atoms with E-state index in [2.05, 4.69) is 24.3 Å². The monoisotopic (exact) mass is 288 g/mol. The van der Waals surface area contributed by atoms with Crippen LogP contribution in [0.15, 0.2) is 30.5 Å². The molecule has 2 aromatic rings. The minimum absolute atomic E-state index is 0.113. The Morgan fingerprint density at radius 2 is 2.14 bits per heavy atom. The van der Waals surface area contributed by atoms with Gasteiger partial charge in [-0.1, -0.05) is 19.9 Å². The number of hydrogen-bond donors (Lipinski definition) is 1. The molecule has 0 radical (unpaired) electrons. The first kappa shape index (κ1) is 15.2. The van der Waals surface area contributed by atoms with Gasteiger partial charge in [-0.15, -0.1) is 0 Å². The molecule has 0 saturated heterocycles. The molecule has 6 nitrogen and oxygen atoms in total. The average molecular weight is 288 g/mol. The molecular weight excluding hydrogens is 268 g/mol. The van der Waals surface area contributed by atoms with Crippen molar-refractivity contribution in [2.75, 3.05) is 6.54 Å². The average Bonchev–Trinajstić information content (AvgIpc) is 2.86. The fourth-order valence-electron chi connectivity index (χ4n) is 2.14. The van der Waals surface area contributed by atoms with E-state index in [0.717, 1.165) is 17.9 Å². The minimum atomic E-state index is -0.368. The Balaban J connectivity index is 2.18. The number of nitrogens with one attached hydrogen (secondary N) is 1. The highest BCUT2D eigenvalue weighted by Crippen LogP contribution is 2.23. The number of aromatic nitrogens is 2. The summed E-state index contributed by atoms with van der Waals surface area (Å²) < 4.78 is 1.69. The summed E-state index contributed by atoms with van der Waals surface area (Å²) in [6.45, 7) is 7.67. The number of nitrogens with zero attached hydrogens (tertiary/aromatic N) is 3. The molecule has 0 atom stereocenters. The fraction of sp³-hybridized carbons (Fsp3) is 0.400. The molecule has 0 saturated carbocycles. The Kier molecular flexibility index (Phi) is 4.70. The Bertz CT molecular complexity index is 634. The van der Waals surface area contributed by atoms with Crippen LogP contribution < -0.4 is 5.32 Å². The smallest absolute Gasteiger partial charge is 0.274 e. The largest absolute Gasteiger partial charge is 0.311 e. The second-order valence-corrected chi connectivity index (χ2v) is 5.45. The maximum Gasteiger partial charge on any atom is 0.274 e. The van der Waals surface area contributed by atoms with Crippen LogP contribution in [0.1, 0.15) is 25.1 Å². The van der Waals surface area contributed by atoms with E-state index in [4.69, 9.17) is 0 Å². The van der Waals surface area contributed by atoms with E-state index in [1.807, 2.05) is 18.3 Å². The summed E-state index contributed by atoms with van der Waals surface area (Å²) in [5.74, 6) is 0.589. The van der Waals surface area contributed by atoms with Crippen molar-refractivity contribution in [3.8, 4) is 5.69 Å². The van der Waals surface area contributed by atoms with Gasteiger partial charge < -0.3 is 5.32 Å². The maximum atomic E-state index is 11.0. The summed E-state index contributed by atoms with van der Waals surface area (Å²) in [5, 5.41) is 18.8. The highest BCUT2D eigenvalue weighted by atomic mass is 16.6. The Hall–Kier alpha value is -2.21. The molecule has 21 heavy (non-hydrogen) atoms. The van der Waals surface area contributed by atoms with Gasteiger partial charge in [0.2, 0.25) is 0 Å². The molecule has 2 rings (SSSR count). The van der Waals surface area contributed by atoms with E-state index >= 15 is 0 Å². The molecule has 0 aliphatic carbocycles. The molecule has 0 unspecified atom stereocenters. The van der Waals surface area contributed by atoms with Crippen molar-refractivity contribution in [1.29, 1.82) is 0 Å². The number of nitro benzene ring substituents is 1. The SMILES string of the molecule is Cc1c(-n2ccc(CNCC(C)C)n2)cccc1[N+](=O)[O-]. The number of nitro groups is 1. The van der Waals surface area contributed by atoms with Crippen molar-refractivity contribution >= 4 is 5.69 Å².